The third-order valence-corrected chi connectivity index (χ3v) is 4.56. The molecule has 0 aliphatic carbocycles. The second-order valence-electron chi connectivity index (χ2n) is 6.37. The predicted molar refractivity (Wildman–Crippen MR) is 119 cm³/mol. The lowest BCUT2D eigenvalue weighted by molar-refractivity contribution is 0.669. The highest BCUT2D eigenvalue weighted by Crippen LogP contribution is 2.41. The van der Waals surface area contributed by atoms with Crippen LogP contribution in [0.4, 0.5) is 11.4 Å². The Hall–Kier alpha value is -3.20. The first-order valence-electron chi connectivity index (χ1n) is 9.12. The molecule has 0 N–H and O–H groups in total. The largest absolute Gasteiger partial charge is 0.456 e. The van der Waals surface area contributed by atoms with Crippen molar-refractivity contribution < 1.29 is 4.42 Å². The Bertz CT molecular complexity index is 884. The molecule has 0 bridgehead atoms. The van der Waals surface area contributed by atoms with Crippen molar-refractivity contribution in [1.29, 1.82) is 0 Å². The number of hydrogen-bond donors (Lipinski definition) is 0. The smallest absolute Gasteiger partial charge is 0.137 e. The van der Waals surface area contributed by atoms with Crippen LogP contribution in [0.1, 0.15) is 0 Å². The molecule has 2 aromatic carbocycles. The van der Waals surface area contributed by atoms with Crippen molar-refractivity contribution in [2.24, 2.45) is 0 Å². The van der Waals surface area contributed by atoms with Crippen LogP contribution in [0, 0.1) is 0 Å². The molecule has 0 radical (unpaired) electrons. The zero-order valence-electron chi connectivity index (χ0n) is 15.7. The minimum Gasteiger partial charge on any atom is -0.456 e. The van der Waals surface area contributed by atoms with Crippen LogP contribution >= 0.6 is 0 Å². The van der Waals surface area contributed by atoms with Gasteiger partial charge in [0.1, 0.15) is 11.2 Å². The maximum absolute atomic E-state index is 6.19. The Balaban J connectivity index is 2.32. The van der Waals surface area contributed by atoms with Crippen molar-refractivity contribution in [3.63, 3.8) is 0 Å². The first kappa shape index (κ1) is 18.6. The summed E-state index contributed by atoms with van der Waals surface area (Å²) in [6.07, 6.45) is 7.64. The van der Waals surface area contributed by atoms with Crippen molar-refractivity contribution in [1.82, 2.24) is 0 Å². The van der Waals surface area contributed by atoms with E-state index in [1.54, 1.807) is 0 Å². The van der Waals surface area contributed by atoms with Gasteiger partial charge in [0.05, 0.1) is 10.8 Å². The Labute approximate surface area is 161 Å². The van der Waals surface area contributed by atoms with Crippen LogP contribution in [0.15, 0.2) is 91.4 Å². The van der Waals surface area contributed by atoms with Gasteiger partial charge in [-0.15, -0.1) is 26.3 Å². The van der Waals surface area contributed by atoms with Gasteiger partial charge < -0.3 is 14.2 Å². The zero-order chi connectivity index (χ0) is 19.2. The lowest BCUT2D eigenvalue weighted by atomic mass is 10.1. The summed E-state index contributed by atoms with van der Waals surface area (Å²) in [6.45, 7) is 18.6. The number of furan rings is 1. The van der Waals surface area contributed by atoms with E-state index in [-0.39, 0.29) is 0 Å². The molecule has 0 atom stereocenters. The van der Waals surface area contributed by atoms with E-state index in [2.05, 4.69) is 48.2 Å². The first-order valence-corrected chi connectivity index (χ1v) is 9.12. The minimum atomic E-state index is 0.739. The standard InChI is InChI=1S/C24H26N2O/c1-5-15-25(16-6-2)19-11-9-13-21-23(19)24-20(12-10-14-22(24)27-21)26(17-7-3)18-8-4/h5-14H,1-4,15-18H2. The number of hydrogen-bond acceptors (Lipinski definition) is 3. The summed E-state index contributed by atoms with van der Waals surface area (Å²) >= 11 is 0. The topological polar surface area (TPSA) is 19.6 Å². The minimum absolute atomic E-state index is 0.739. The summed E-state index contributed by atoms with van der Waals surface area (Å²) in [4.78, 5) is 4.50. The van der Waals surface area contributed by atoms with E-state index < -0.39 is 0 Å². The highest BCUT2D eigenvalue weighted by atomic mass is 16.3. The highest BCUT2D eigenvalue weighted by molar-refractivity contribution is 6.16. The molecule has 27 heavy (non-hydrogen) atoms. The third kappa shape index (κ3) is 3.54. The van der Waals surface area contributed by atoms with Gasteiger partial charge in [-0.25, -0.2) is 0 Å². The Morgan fingerprint density at radius 2 is 1.00 bits per heavy atom. The molecular formula is C24H26N2O. The van der Waals surface area contributed by atoms with Crippen molar-refractivity contribution in [2.75, 3.05) is 36.0 Å². The van der Waals surface area contributed by atoms with E-state index in [9.17, 15) is 0 Å². The molecule has 0 fully saturated rings. The molecule has 0 saturated heterocycles. The van der Waals surface area contributed by atoms with Gasteiger partial charge in [-0.2, -0.15) is 0 Å². The molecule has 1 aromatic heterocycles. The summed E-state index contributed by atoms with van der Waals surface area (Å²) in [7, 11) is 0. The maximum Gasteiger partial charge on any atom is 0.137 e. The maximum atomic E-state index is 6.19. The molecule has 0 spiro atoms. The molecule has 1 heterocycles. The Morgan fingerprint density at radius 3 is 1.33 bits per heavy atom. The van der Waals surface area contributed by atoms with Gasteiger partial charge in [0.2, 0.25) is 0 Å². The highest BCUT2D eigenvalue weighted by Gasteiger charge is 2.19. The van der Waals surface area contributed by atoms with Crippen molar-refractivity contribution in [3.05, 3.63) is 87.0 Å². The summed E-state index contributed by atoms with van der Waals surface area (Å²) in [6, 6.07) is 12.4. The van der Waals surface area contributed by atoms with Gasteiger partial charge in [0, 0.05) is 37.6 Å². The Kier molecular flexibility index (Phi) is 5.82. The van der Waals surface area contributed by atoms with Crippen LogP contribution in [-0.2, 0) is 0 Å². The third-order valence-electron chi connectivity index (χ3n) is 4.56. The fourth-order valence-corrected chi connectivity index (χ4v) is 3.52. The Morgan fingerprint density at radius 1 is 0.630 bits per heavy atom. The van der Waals surface area contributed by atoms with E-state index >= 15 is 0 Å². The van der Waals surface area contributed by atoms with E-state index in [0.29, 0.717) is 0 Å². The van der Waals surface area contributed by atoms with Gasteiger partial charge in [-0.3, -0.25) is 0 Å². The fraction of sp³-hybridized carbons (Fsp3) is 0.167. The quantitative estimate of drug-likeness (QED) is 0.418. The molecule has 3 rings (SSSR count). The average molecular weight is 358 g/mol. The summed E-state index contributed by atoms with van der Waals surface area (Å²) in [5.74, 6) is 0. The second-order valence-corrected chi connectivity index (χ2v) is 6.37. The van der Waals surface area contributed by atoms with E-state index in [4.69, 9.17) is 4.42 Å². The van der Waals surface area contributed by atoms with Gasteiger partial charge >= 0.3 is 0 Å². The normalized spacial score (nSPS) is 10.7. The first-order chi connectivity index (χ1) is 13.2. The molecule has 0 aliphatic heterocycles. The summed E-state index contributed by atoms with van der Waals surface area (Å²) < 4.78 is 6.19. The van der Waals surface area contributed by atoms with Crippen LogP contribution in [-0.4, -0.2) is 26.2 Å². The second kappa shape index (κ2) is 8.45. The monoisotopic (exact) mass is 358 g/mol. The van der Waals surface area contributed by atoms with Gasteiger partial charge in [0.25, 0.3) is 0 Å². The van der Waals surface area contributed by atoms with E-state index in [1.807, 2.05) is 48.6 Å². The molecule has 3 aromatic rings. The molecule has 138 valence electrons. The number of benzene rings is 2. The summed E-state index contributed by atoms with van der Waals surface area (Å²) in [5, 5.41) is 2.23. The van der Waals surface area contributed by atoms with E-state index in [0.717, 1.165) is 59.5 Å². The number of rotatable bonds is 10. The van der Waals surface area contributed by atoms with Crippen LogP contribution in [0.3, 0.4) is 0 Å². The van der Waals surface area contributed by atoms with Crippen LogP contribution < -0.4 is 9.80 Å². The molecule has 0 saturated carbocycles. The van der Waals surface area contributed by atoms with Gasteiger partial charge in [0.15, 0.2) is 0 Å². The van der Waals surface area contributed by atoms with Crippen LogP contribution in [0.25, 0.3) is 21.9 Å². The molecule has 3 heteroatoms. The lowest BCUT2D eigenvalue weighted by Gasteiger charge is -2.25. The molecule has 0 aliphatic rings. The van der Waals surface area contributed by atoms with E-state index in [1.165, 1.54) is 0 Å². The van der Waals surface area contributed by atoms with Crippen molar-refractivity contribution in [3.8, 4) is 0 Å². The van der Waals surface area contributed by atoms with Crippen molar-refractivity contribution in [2.45, 2.75) is 0 Å². The molecule has 0 amide bonds. The molecule has 0 unspecified atom stereocenters. The number of fused-ring (bicyclic) bond motifs is 3. The zero-order valence-corrected chi connectivity index (χ0v) is 15.7. The summed E-state index contributed by atoms with van der Waals surface area (Å²) in [5.41, 5.74) is 4.00. The van der Waals surface area contributed by atoms with Gasteiger partial charge in [-0.05, 0) is 24.3 Å². The van der Waals surface area contributed by atoms with Gasteiger partial charge in [-0.1, -0.05) is 36.4 Å². The SMILES string of the molecule is C=CCN(CC=C)c1cccc2oc3cccc(N(CC=C)CC=C)c3c12. The molecular weight excluding hydrogens is 332 g/mol. The fourth-order valence-electron chi connectivity index (χ4n) is 3.52. The molecule has 3 nitrogen and oxygen atoms in total. The predicted octanol–water partition coefficient (Wildman–Crippen LogP) is 5.94. The van der Waals surface area contributed by atoms with Crippen LogP contribution in [0.5, 0.6) is 0 Å². The number of anilines is 2. The van der Waals surface area contributed by atoms with Crippen molar-refractivity contribution >= 4 is 33.3 Å². The van der Waals surface area contributed by atoms with Crippen LogP contribution in [0.2, 0.25) is 0 Å². The average Bonchev–Trinajstić information content (AvgIpc) is 3.06. The lowest BCUT2D eigenvalue weighted by Crippen LogP contribution is -2.24. The number of nitrogens with zero attached hydrogens (tertiary/aromatic N) is 2.